The van der Waals surface area contributed by atoms with Gasteiger partial charge >= 0.3 is 5.97 Å². The molecule has 0 saturated heterocycles. The highest BCUT2D eigenvalue weighted by Gasteiger charge is 2.17. The maximum atomic E-state index is 11.9. The normalized spacial score (nSPS) is 12.1. The van der Waals surface area contributed by atoms with E-state index in [2.05, 4.69) is 29.5 Å². The number of esters is 1. The lowest BCUT2D eigenvalue weighted by Crippen LogP contribution is -2.21. The molecule has 2 aromatic rings. The summed E-state index contributed by atoms with van der Waals surface area (Å²) in [5, 5.41) is 7.56. The van der Waals surface area contributed by atoms with E-state index in [0.717, 1.165) is 5.69 Å². The van der Waals surface area contributed by atoms with Gasteiger partial charge in [-0.3, -0.25) is 4.68 Å². The molecule has 21 heavy (non-hydrogen) atoms. The summed E-state index contributed by atoms with van der Waals surface area (Å²) in [5.41, 5.74) is 2.56. The topological polar surface area (TPSA) is 56.1 Å². The molecule has 5 heteroatoms. The zero-order valence-electron chi connectivity index (χ0n) is 12.7. The Bertz CT molecular complexity index is 593. The van der Waals surface area contributed by atoms with Crippen LogP contribution in [-0.2, 0) is 18.3 Å². The highest BCUT2D eigenvalue weighted by Crippen LogP contribution is 2.14. The van der Waals surface area contributed by atoms with Gasteiger partial charge in [0.25, 0.3) is 0 Å². The van der Waals surface area contributed by atoms with Crippen molar-refractivity contribution in [3.8, 4) is 0 Å². The largest absolute Gasteiger partial charge is 0.462 e. The van der Waals surface area contributed by atoms with Crippen LogP contribution in [-0.4, -0.2) is 22.4 Å². The van der Waals surface area contributed by atoms with Crippen molar-refractivity contribution < 1.29 is 9.53 Å². The molecular weight excluding hydrogens is 266 g/mol. The molecule has 0 fully saturated rings. The highest BCUT2D eigenvalue weighted by atomic mass is 16.5. The zero-order chi connectivity index (χ0) is 15.2. The van der Waals surface area contributed by atoms with Crippen LogP contribution in [0.25, 0.3) is 0 Å². The van der Waals surface area contributed by atoms with Crippen LogP contribution in [0.4, 0.5) is 0 Å². The van der Waals surface area contributed by atoms with E-state index in [-0.39, 0.29) is 12.0 Å². The van der Waals surface area contributed by atoms with E-state index >= 15 is 0 Å². The molecule has 0 radical (unpaired) electrons. The molecule has 112 valence electrons. The lowest BCUT2D eigenvalue weighted by Gasteiger charge is -2.15. The van der Waals surface area contributed by atoms with Crippen LogP contribution in [0.5, 0.6) is 0 Å². The number of ether oxygens (including phenoxy) is 1. The van der Waals surface area contributed by atoms with Crippen molar-refractivity contribution in [1.82, 2.24) is 15.1 Å². The minimum absolute atomic E-state index is 0.191. The van der Waals surface area contributed by atoms with E-state index in [1.807, 2.05) is 25.2 Å². The second-order valence-corrected chi connectivity index (χ2v) is 4.86. The summed E-state index contributed by atoms with van der Waals surface area (Å²) >= 11 is 0. The van der Waals surface area contributed by atoms with Crippen LogP contribution >= 0.6 is 0 Å². The monoisotopic (exact) mass is 287 g/mol. The van der Waals surface area contributed by atoms with Gasteiger partial charge in [0.1, 0.15) is 5.56 Å². The Hall–Kier alpha value is -2.14. The van der Waals surface area contributed by atoms with Crippen molar-refractivity contribution in [2.24, 2.45) is 7.05 Å². The van der Waals surface area contributed by atoms with Crippen molar-refractivity contribution in [2.45, 2.75) is 26.4 Å². The van der Waals surface area contributed by atoms with Gasteiger partial charge in [-0.25, -0.2) is 4.79 Å². The van der Waals surface area contributed by atoms with E-state index in [9.17, 15) is 4.79 Å². The van der Waals surface area contributed by atoms with Gasteiger partial charge in [-0.2, -0.15) is 5.10 Å². The Labute approximate surface area is 124 Å². The van der Waals surface area contributed by atoms with Gasteiger partial charge in [-0.1, -0.05) is 30.3 Å². The summed E-state index contributed by atoms with van der Waals surface area (Å²) in [4.78, 5) is 11.9. The van der Waals surface area contributed by atoms with Crippen LogP contribution in [0.3, 0.4) is 0 Å². The summed E-state index contributed by atoms with van der Waals surface area (Å²) in [6.45, 7) is 4.81. The number of carbonyl (C=O) groups is 1. The number of hydrogen-bond acceptors (Lipinski definition) is 4. The average Bonchev–Trinajstić information content (AvgIpc) is 2.87. The van der Waals surface area contributed by atoms with Crippen molar-refractivity contribution >= 4 is 5.97 Å². The third kappa shape index (κ3) is 3.70. The molecule has 0 spiro atoms. The molecule has 1 heterocycles. The SMILES string of the molecule is CCOC(=O)c1cnn(C)c1CNC(C)c1ccccc1. The third-order valence-electron chi connectivity index (χ3n) is 3.43. The van der Waals surface area contributed by atoms with E-state index in [1.165, 1.54) is 5.56 Å². The fraction of sp³-hybridized carbons (Fsp3) is 0.375. The first-order chi connectivity index (χ1) is 10.1. The number of aryl methyl sites for hydroxylation is 1. The summed E-state index contributed by atoms with van der Waals surface area (Å²) in [6, 6.07) is 10.4. The number of rotatable bonds is 6. The minimum atomic E-state index is -0.324. The van der Waals surface area contributed by atoms with Crippen molar-refractivity contribution in [1.29, 1.82) is 0 Å². The molecule has 1 unspecified atom stereocenters. The molecule has 0 saturated carbocycles. The molecule has 0 aliphatic carbocycles. The van der Waals surface area contributed by atoms with E-state index in [4.69, 9.17) is 4.74 Å². The summed E-state index contributed by atoms with van der Waals surface area (Å²) in [5.74, 6) is -0.324. The summed E-state index contributed by atoms with van der Waals surface area (Å²) in [6.07, 6.45) is 1.56. The first kappa shape index (κ1) is 15.3. The van der Waals surface area contributed by atoms with Crippen molar-refractivity contribution in [3.05, 3.63) is 53.3 Å². The molecule has 1 atom stereocenters. The van der Waals surface area contributed by atoms with Crippen molar-refractivity contribution in [2.75, 3.05) is 6.61 Å². The predicted octanol–water partition coefficient (Wildman–Crippen LogP) is 2.45. The number of hydrogen-bond donors (Lipinski definition) is 1. The first-order valence-electron chi connectivity index (χ1n) is 7.09. The number of benzene rings is 1. The number of nitrogens with zero attached hydrogens (tertiary/aromatic N) is 2. The summed E-state index contributed by atoms with van der Waals surface area (Å²) in [7, 11) is 1.83. The quantitative estimate of drug-likeness (QED) is 0.829. The molecule has 0 aliphatic rings. The highest BCUT2D eigenvalue weighted by molar-refractivity contribution is 5.90. The molecule has 2 rings (SSSR count). The van der Waals surface area contributed by atoms with E-state index in [1.54, 1.807) is 17.8 Å². The lowest BCUT2D eigenvalue weighted by atomic mass is 10.1. The van der Waals surface area contributed by atoms with Crippen LogP contribution < -0.4 is 5.32 Å². The van der Waals surface area contributed by atoms with Gasteiger partial charge < -0.3 is 10.1 Å². The van der Waals surface area contributed by atoms with Gasteiger partial charge in [0.2, 0.25) is 0 Å². The van der Waals surface area contributed by atoms with Crippen LogP contribution in [0.1, 0.15) is 41.5 Å². The van der Waals surface area contributed by atoms with Crippen LogP contribution in [0.2, 0.25) is 0 Å². The zero-order valence-corrected chi connectivity index (χ0v) is 12.7. The maximum Gasteiger partial charge on any atom is 0.341 e. The van der Waals surface area contributed by atoms with Gasteiger partial charge in [0, 0.05) is 19.6 Å². The molecule has 0 bridgehead atoms. The van der Waals surface area contributed by atoms with Crippen LogP contribution in [0.15, 0.2) is 36.5 Å². The fourth-order valence-electron chi connectivity index (χ4n) is 2.16. The molecule has 1 aromatic heterocycles. The Morgan fingerprint density at radius 2 is 2.10 bits per heavy atom. The molecule has 0 amide bonds. The van der Waals surface area contributed by atoms with E-state index in [0.29, 0.717) is 18.7 Å². The van der Waals surface area contributed by atoms with Crippen molar-refractivity contribution in [3.63, 3.8) is 0 Å². The minimum Gasteiger partial charge on any atom is -0.462 e. The number of carbonyl (C=O) groups excluding carboxylic acids is 1. The van der Waals surface area contributed by atoms with Gasteiger partial charge in [0.15, 0.2) is 0 Å². The molecular formula is C16H21N3O2. The summed E-state index contributed by atoms with van der Waals surface area (Å²) < 4.78 is 6.76. The Kier molecular flexibility index (Phi) is 5.11. The average molecular weight is 287 g/mol. The maximum absolute atomic E-state index is 11.9. The molecule has 1 aromatic carbocycles. The number of nitrogens with one attached hydrogen (secondary N) is 1. The third-order valence-corrected chi connectivity index (χ3v) is 3.43. The molecule has 1 N–H and O–H groups in total. The first-order valence-corrected chi connectivity index (χ1v) is 7.09. The van der Waals surface area contributed by atoms with Gasteiger partial charge in [-0.05, 0) is 19.4 Å². The Balaban J connectivity index is 2.06. The lowest BCUT2D eigenvalue weighted by molar-refractivity contribution is 0.0524. The smallest absolute Gasteiger partial charge is 0.341 e. The predicted molar refractivity (Wildman–Crippen MR) is 80.9 cm³/mol. The molecule has 5 nitrogen and oxygen atoms in total. The Morgan fingerprint density at radius 1 is 1.38 bits per heavy atom. The fourth-order valence-corrected chi connectivity index (χ4v) is 2.16. The van der Waals surface area contributed by atoms with Gasteiger partial charge in [0.05, 0.1) is 18.5 Å². The molecule has 0 aliphatic heterocycles. The number of aromatic nitrogens is 2. The van der Waals surface area contributed by atoms with E-state index < -0.39 is 0 Å². The Morgan fingerprint density at radius 3 is 2.76 bits per heavy atom. The second kappa shape index (κ2) is 7.04. The van der Waals surface area contributed by atoms with Crippen LogP contribution in [0, 0.1) is 0 Å². The van der Waals surface area contributed by atoms with Gasteiger partial charge in [-0.15, -0.1) is 0 Å². The second-order valence-electron chi connectivity index (χ2n) is 4.86. The standard InChI is InChI=1S/C16H21N3O2/c1-4-21-16(20)14-10-18-19(3)15(14)11-17-12(2)13-8-6-5-7-9-13/h5-10,12,17H,4,11H2,1-3H3.